The van der Waals surface area contributed by atoms with Crippen LogP contribution in [0.1, 0.15) is 30.9 Å². The second kappa shape index (κ2) is 6.24. The molecule has 0 fully saturated rings. The summed E-state index contributed by atoms with van der Waals surface area (Å²) in [4.78, 5) is 19.9. The zero-order valence-corrected chi connectivity index (χ0v) is 14.4. The first-order valence-corrected chi connectivity index (χ1v) is 8.17. The highest BCUT2D eigenvalue weighted by atomic mass is 79.9. The SMILES string of the molecule is CC(C)c1cccc2c(=O)[nH]c(-c3cc(Br)cc(CF)c3)nc12. The van der Waals surface area contributed by atoms with Crippen LogP contribution in [0.4, 0.5) is 4.39 Å². The maximum absolute atomic E-state index is 13.0. The fourth-order valence-corrected chi connectivity index (χ4v) is 3.19. The molecule has 0 spiro atoms. The van der Waals surface area contributed by atoms with Crippen molar-refractivity contribution in [3.8, 4) is 11.4 Å². The van der Waals surface area contributed by atoms with Gasteiger partial charge in [-0.2, -0.15) is 0 Å². The minimum atomic E-state index is -0.568. The van der Waals surface area contributed by atoms with Crippen molar-refractivity contribution in [2.24, 2.45) is 0 Å². The zero-order chi connectivity index (χ0) is 16.6. The lowest BCUT2D eigenvalue weighted by molar-refractivity contribution is 0.485. The first-order valence-electron chi connectivity index (χ1n) is 7.38. The van der Waals surface area contributed by atoms with Gasteiger partial charge in [0.05, 0.1) is 10.9 Å². The van der Waals surface area contributed by atoms with Crippen LogP contribution in [0, 0.1) is 0 Å². The van der Waals surface area contributed by atoms with Gasteiger partial charge in [-0.05, 0) is 41.3 Å². The van der Waals surface area contributed by atoms with Crippen LogP contribution in [0.5, 0.6) is 0 Å². The van der Waals surface area contributed by atoms with Crippen LogP contribution in [-0.2, 0) is 6.67 Å². The van der Waals surface area contributed by atoms with Crippen molar-refractivity contribution in [2.75, 3.05) is 0 Å². The average molecular weight is 375 g/mol. The average Bonchev–Trinajstić information content (AvgIpc) is 2.53. The van der Waals surface area contributed by atoms with Crippen LogP contribution in [0.15, 0.2) is 45.7 Å². The molecule has 1 aromatic heterocycles. The number of rotatable bonds is 3. The predicted octanol–water partition coefficient (Wildman–Crippen LogP) is 4.95. The number of H-pyrrole nitrogens is 1. The molecule has 0 saturated heterocycles. The van der Waals surface area contributed by atoms with E-state index in [-0.39, 0.29) is 11.5 Å². The van der Waals surface area contributed by atoms with Crippen LogP contribution in [0.2, 0.25) is 0 Å². The van der Waals surface area contributed by atoms with Crippen LogP contribution >= 0.6 is 15.9 Å². The van der Waals surface area contributed by atoms with Crippen molar-refractivity contribution in [1.82, 2.24) is 9.97 Å². The van der Waals surface area contributed by atoms with Crippen LogP contribution in [-0.4, -0.2) is 9.97 Å². The van der Waals surface area contributed by atoms with Crippen molar-refractivity contribution in [1.29, 1.82) is 0 Å². The van der Waals surface area contributed by atoms with Crippen LogP contribution in [0.25, 0.3) is 22.3 Å². The zero-order valence-electron chi connectivity index (χ0n) is 12.9. The number of nitrogens with zero attached hydrogens (tertiary/aromatic N) is 1. The molecule has 0 radical (unpaired) electrons. The van der Waals surface area contributed by atoms with E-state index in [9.17, 15) is 9.18 Å². The third-order valence-electron chi connectivity index (χ3n) is 3.77. The number of para-hydroxylation sites is 1. The highest BCUT2D eigenvalue weighted by Crippen LogP contribution is 2.26. The van der Waals surface area contributed by atoms with E-state index in [0.717, 1.165) is 10.0 Å². The maximum Gasteiger partial charge on any atom is 0.259 e. The Hall–Kier alpha value is -2.01. The summed E-state index contributed by atoms with van der Waals surface area (Å²) >= 11 is 3.37. The molecular formula is C18H16BrFN2O. The van der Waals surface area contributed by atoms with E-state index in [4.69, 9.17) is 0 Å². The molecule has 0 aliphatic carbocycles. The van der Waals surface area contributed by atoms with Gasteiger partial charge in [-0.15, -0.1) is 0 Å². The van der Waals surface area contributed by atoms with Crippen molar-refractivity contribution in [3.05, 3.63) is 62.4 Å². The molecule has 1 N–H and O–H groups in total. The number of fused-ring (bicyclic) bond motifs is 1. The monoisotopic (exact) mass is 374 g/mol. The highest BCUT2D eigenvalue weighted by molar-refractivity contribution is 9.10. The largest absolute Gasteiger partial charge is 0.306 e. The van der Waals surface area contributed by atoms with Crippen LogP contribution < -0.4 is 5.56 Å². The summed E-state index contributed by atoms with van der Waals surface area (Å²) < 4.78 is 13.7. The Balaban J connectivity index is 2.29. The molecule has 0 aliphatic heterocycles. The van der Waals surface area contributed by atoms with Crippen molar-refractivity contribution >= 4 is 26.8 Å². The smallest absolute Gasteiger partial charge is 0.259 e. The Morgan fingerprint density at radius 1 is 1.26 bits per heavy atom. The molecule has 0 bridgehead atoms. The lowest BCUT2D eigenvalue weighted by Crippen LogP contribution is -2.11. The van der Waals surface area contributed by atoms with Gasteiger partial charge < -0.3 is 4.98 Å². The summed E-state index contributed by atoms with van der Waals surface area (Å²) in [5.74, 6) is 0.705. The number of hydrogen-bond donors (Lipinski definition) is 1. The molecular weight excluding hydrogens is 359 g/mol. The molecule has 23 heavy (non-hydrogen) atoms. The normalized spacial score (nSPS) is 11.3. The first-order chi connectivity index (χ1) is 11.0. The lowest BCUT2D eigenvalue weighted by atomic mass is 10.00. The third kappa shape index (κ3) is 3.06. The summed E-state index contributed by atoms with van der Waals surface area (Å²) in [5, 5.41) is 0.570. The molecule has 0 aliphatic rings. The van der Waals surface area contributed by atoms with Gasteiger partial charge in [0.15, 0.2) is 0 Å². The molecule has 0 amide bonds. The minimum Gasteiger partial charge on any atom is -0.306 e. The molecule has 3 nitrogen and oxygen atoms in total. The minimum absolute atomic E-state index is 0.186. The van der Waals surface area contributed by atoms with Gasteiger partial charge >= 0.3 is 0 Å². The summed E-state index contributed by atoms with van der Waals surface area (Å²) in [5.41, 5.74) is 2.76. The van der Waals surface area contributed by atoms with E-state index < -0.39 is 6.67 Å². The van der Waals surface area contributed by atoms with Gasteiger partial charge in [-0.3, -0.25) is 4.79 Å². The number of aromatic nitrogens is 2. The predicted molar refractivity (Wildman–Crippen MR) is 94.4 cm³/mol. The van der Waals surface area contributed by atoms with E-state index in [1.165, 1.54) is 0 Å². The Bertz CT molecular complexity index is 934. The standard InChI is InChI=1S/C18H16BrFN2O/c1-10(2)14-4-3-5-15-16(14)21-17(22-18(15)23)12-6-11(9-20)7-13(19)8-12/h3-8,10H,9H2,1-2H3,(H,21,22,23). The quantitative estimate of drug-likeness (QED) is 0.705. The van der Waals surface area contributed by atoms with Gasteiger partial charge in [0, 0.05) is 10.0 Å². The Kier molecular flexibility index (Phi) is 4.31. The van der Waals surface area contributed by atoms with Gasteiger partial charge in [0.25, 0.3) is 5.56 Å². The molecule has 2 aromatic carbocycles. The number of halogens is 2. The van der Waals surface area contributed by atoms with Crippen molar-refractivity contribution in [3.63, 3.8) is 0 Å². The summed E-state index contributed by atoms with van der Waals surface area (Å²) in [6.07, 6.45) is 0. The van der Waals surface area contributed by atoms with Crippen molar-refractivity contribution < 1.29 is 4.39 Å². The topological polar surface area (TPSA) is 45.8 Å². The van der Waals surface area contributed by atoms with Gasteiger partial charge in [0.2, 0.25) is 0 Å². The number of aromatic amines is 1. The molecule has 5 heteroatoms. The maximum atomic E-state index is 13.0. The van der Waals surface area contributed by atoms with Crippen molar-refractivity contribution in [2.45, 2.75) is 26.4 Å². The molecule has 0 atom stereocenters. The highest BCUT2D eigenvalue weighted by Gasteiger charge is 2.12. The molecule has 0 unspecified atom stereocenters. The molecule has 1 heterocycles. The number of hydrogen-bond acceptors (Lipinski definition) is 2. The van der Waals surface area contributed by atoms with E-state index in [0.29, 0.717) is 27.9 Å². The van der Waals surface area contributed by atoms with Gasteiger partial charge in [0.1, 0.15) is 12.5 Å². The number of benzene rings is 2. The lowest BCUT2D eigenvalue weighted by Gasteiger charge is -2.11. The molecule has 3 rings (SSSR count). The van der Waals surface area contributed by atoms with E-state index in [1.807, 2.05) is 18.2 Å². The van der Waals surface area contributed by atoms with Gasteiger partial charge in [-0.1, -0.05) is 41.9 Å². The second-order valence-corrected chi connectivity index (χ2v) is 6.71. The third-order valence-corrected chi connectivity index (χ3v) is 4.23. The Morgan fingerprint density at radius 2 is 2.04 bits per heavy atom. The Labute approximate surface area is 141 Å². The summed E-state index contributed by atoms with van der Waals surface area (Å²) in [6.45, 7) is 3.57. The van der Waals surface area contributed by atoms with E-state index in [2.05, 4.69) is 39.7 Å². The first kappa shape index (κ1) is 15.9. The molecule has 3 aromatic rings. The molecule has 0 saturated carbocycles. The fourth-order valence-electron chi connectivity index (χ4n) is 2.65. The van der Waals surface area contributed by atoms with E-state index in [1.54, 1.807) is 18.2 Å². The summed E-state index contributed by atoms with van der Waals surface area (Å²) in [7, 11) is 0. The number of nitrogens with one attached hydrogen (secondary N) is 1. The van der Waals surface area contributed by atoms with E-state index >= 15 is 0 Å². The number of alkyl halides is 1. The Morgan fingerprint density at radius 3 is 2.74 bits per heavy atom. The second-order valence-electron chi connectivity index (χ2n) is 5.79. The van der Waals surface area contributed by atoms with Crippen LogP contribution in [0.3, 0.4) is 0 Å². The summed E-state index contributed by atoms with van der Waals surface area (Å²) in [6, 6.07) is 10.9. The molecule has 118 valence electrons. The fraction of sp³-hybridized carbons (Fsp3) is 0.222. The van der Waals surface area contributed by atoms with Gasteiger partial charge in [-0.25, -0.2) is 9.37 Å².